The summed E-state index contributed by atoms with van der Waals surface area (Å²) in [5.74, 6) is 1.23. The first-order chi connectivity index (χ1) is 14.2. The van der Waals surface area contributed by atoms with Crippen molar-refractivity contribution in [3.8, 4) is 11.5 Å². The molecule has 30 heavy (non-hydrogen) atoms. The van der Waals surface area contributed by atoms with Crippen molar-refractivity contribution < 1.29 is 24.1 Å². The number of benzene rings is 1. The lowest BCUT2D eigenvalue weighted by Gasteiger charge is -2.53. The van der Waals surface area contributed by atoms with Gasteiger partial charge in [-0.2, -0.15) is 0 Å². The van der Waals surface area contributed by atoms with E-state index in [-0.39, 0.29) is 40.6 Å². The number of hydrogen-bond acceptors (Lipinski definition) is 5. The summed E-state index contributed by atoms with van der Waals surface area (Å²) >= 11 is 6.54. The summed E-state index contributed by atoms with van der Waals surface area (Å²) in [4.78, 5) is 12.6. The molecule has 2 N–H and O–H groups in total. The van der Waals surface area contributed by atoms with Gasteiger partial charge in [0, 0.05) is 37.8 Å². The summed E-state index contributed by atoms with van der Waals surface area (Å²) in [5.41, 5.74) is 0.858. The highest BCUT2D eigenvalue weighted by molar-refractivity contribution is 6.31. The van der Waals surface area contributed by atoms with Gasteiger partial charge in [0.25, 0.3) is 0 Å². The lowest BCUT2D eigenvalue weighted by molar-refractivity contribution is -0.137. The van der Waals surface area contributed by atoms with Crippen molar-refractivity contribution >= 4 is 17.5 Å². The SMILES string of the molecule is COCCC(=O)N[C@H]1C(C)(C)[C@@H]2C[C@@H]3[C@@H](c4cc(OC)c(O)cc4Cl)OCC[C@@]31C2. The number of amides is 1. The van der Waals surface area contributed by atoms with Crippen LogP contribution >= 0.6 is 11.6 Å². The molecule has 0 unspecified atom stereocenters. The summed E-state index contributed by atoms with van der Waals surface area (Å²) < 4.78 is 16.7. The van der Waals surface area contributed by atoms with Crippen LogP contribution in [0.2, 0.25) is 5.02 Å². The van der Waals surface area contributed by atoms with Crippen LogP contribution in [-0.4, -0.2) is 44.5 Å². The average Bonchev–Trinajstić information content (AvgIpc) is 3.19. The van der Waals surface area contributed by atoms with Crippen molar-refractivity contribution in [1.82, 2.24) is 5.32 Å². The zero-order chi connectivity index (χ0) is 21.7. The fourth-order valence-electron chi connectivity index (χ4n) is 6.46. The molecule has 6 nitrogen and oxygen atoms in total. The van der Waals surface area contributed by atoms with Crippen molar-refractivity contribution in [1.29, 1.82) is 0 Å². The third-order valence-electron chi connectivity index (χ3n) is 7.95. The number of fused-ring (bicyclic) bond motifs is 1. The molecule has 3 fully saturated rings. The minimum absolute atomic E-state index is 0.0196. The maximum absolute atomic E-state index is 12.6. The Kier molecular flexibility index (Phi) is 5.71. The molecule has 2 saturated carbocycles. The van der Waals surface area contributed by atoms with Crippen LogP contribution in [0.1, 0.15) is 51.2 Å². The Morgan fingerprint density at radius 2 is 2.13 bits per heavy atom. The molecule has 3 aliphatic rings. The van der Waals surface area contributed by atoms with E-state index >= 15 is 0 Å². The average molecular weight is 438 g/mol. The highest BCUT2D eigenvalue weighted by Crippen LogP contribution is 2.70. The molecule has 2 bridgehead atoms. The van der Waals surface area contributed by atoms with Crippen LogP contribution in [0.4, 0.5) is 0 Å². The molecule has 7 heteroatoms. The summed E-state index contributed by atoms with van der Waals surface area (Å²) in [6.07, 6.45) is 3.25. The second-order valence-electron chi connectivity index (χ2n) is 9.63. The van der Waals surface area contributed by atoms with E-state index in [1.54, 1.807) is 13.2 Å². The topological polar surface area (TPSA) is 77.0 Å². The number of carbonyl (C=O) groups is 1. The number of phenols is 1. The van der Waals surface area contributed by atoms with E-state index in [0.29, 0.717) is 36.3 Å². The fraction of sp³-hybridized carbons (Fsp3) is 0.696. The number of aromatic hydroxyl groups is 1. The number of hydrogen-bond donors (Lipinski definition) is 2. The molecular weight excluding hydrogens is 406 g/mol. The van der Waals surface area contributed by atoms with E-state index in [0.717, 1.165) is 24.8 Å². The molecule has 1 amide bonds. The summed E-state index contributed by atoms with van der Waals surface area (Å²) in [6, 6.07) is 3.41. The van der Waals surface area contributed by atoms with Gasteiger partial charge in [0.05, 0.1) is 24.8 Å². The first-order valence-corrected chi connectivity index (χ1v) is 11.1. The largest absolute Gasteiger partial charge is 0.504 e. The van der Waals surface area contributed by atoms with Gasteiger partial charge in [-0.15, -0.1) is 0 Å². The molecule has 2 aliphatic carbocycles. The smallest absolute Gasteiger partial charge is 0.222 e. The number of rotatable bonds is 6. The van der Waals surface area contributed by atoms with E-state index in [1.807, 2.05) is 0 Å². The summed E-state index contributed by atoms with van der Waals surface area (Å²) in [7, 11) is 3.14. The first kappa shape index (κ1) is 21.7. The molecule has 1 aromatic carbocycles. The second kappa shape index (κ2) is 7.88. The van der Waals surface area contributed by atoms with E-state index in [2.05, 4.69) is 19.2 Å². The van der Waals surface area contributed by atoms with Crippen molar-refractivity contribution in [3.05, 3.63) is 22.7 Å². The Hall–Kier alpha value is -1.50. The zero-order valence-electron chi connectivity index (χ0n) is 18.2. The van der Waals surface area contributed by atoms with Gasteiger partial charge in [-0.25, -0.2) is 0 Å². The summed E-state index contributed by atoms with van der Waals surface area (Å²) in [6.45, 7) is 5.61. The molecule has 1 spiro atoms. The lowest BCUT2D eigenvalue weighted by Crippen LogP contribution is -2.59. The highest BCUT2D eigenvalue weighted by atomic mass is 35.5. The monoisotopic (exact) mass is 437 g/mol. The third kappa shape index (κ3) is 3.28. The van der Waals surface area contributed by atoms with Crippen LogP contribution in [0.3, 0.4) is 0 Å². The Bertz CT molecular complexity index is 828. The van der Waals surface area contributed by atoms with Crippen LogP contribution in [0.15, 0.2) is 12.1 Å². The van der Waals surface area contributed by atoms with Gasteiger partial charge in [-0.05, 0) is 48.0 Å². The molecule has 1 aliphatic heterocycles. The van der Waals surface area contributed by atoms with Crippen molar-refractivity contribution in [2.24, 2.45) is 22.7 Å². The highest BCUT2D eigenvalue weighted by Gasteiger charge is 2.68. The molecule has 0 aromatic heterocycles. The maximum Gasteiger partial charge on any atom is 0.222 e. The van der Waals surface area contributed by atoms with Gasteiger partial charge < -0.3 is 24.6 Å². The van der Waals surface area contributed by atoms with Crippen LogP contribution in [0, 0.1) is 22.7 Å². The predicted molar refractivity (Wildman–Crippen MR) is 114 cm³/mol. The predicted octanol–water partition coefficient (Wildman–Crippen LogP) is 4.09. The molecule has 1 heterocycles. The Labute approximate surface area is 183 Å². The number of carbonyl (C=O) groups excluding carboxylic acids is 1. The van der Waals surface area contributed by atoms with Crippen molar-refractivity contribution in [3.63, 3.8) is 0 Å². The molecule has 166 valence electrons. The number of halogens is 1. The summed E-state index contributed by atoms with van der Waals surface area (Å²) in [5, 5.41) is 13.9. The van der Waals surface area contributed by atoms with Crippen LogP contribution in [0.25, 0.3) is 0 Å². The van der Waals surface area contributed by atoms with Crippen molar-refractivity contribution in [2.45, 2.75) is 51.7 Å². The lowest BCUT2D eigenvalue weighted by atomic mass is 9.58. The molecule has 1 saturated heterocycles. The van der Waals surface area contributed by atoms with Gasteiger partial charge in [0.2, 0.25) is 5.91 Å². The normalized spacial score (nSPS) is 33.9. The number of ether oxygens (including phenoxy) is 3. The molecule has 0 radical (unpaired) electrons. The van der Waals surface area contributed by atoms with Gasteiger partial charge in [0.15, 0.2) is 11.5 Å². The van der Waals surface area contributed by atoms with Crippen LogP contribution in [0.5, 0.6) is 11.5 Å². The van der Waals surface area contributed by atoms with Crippen LogP contribution < -0.4 is 10.1 Å². The maximum atomic E-state index is 12.6. The Balaban J connectivity index is 1.67. The Morgan fingerprint density at radius 3 is 2.83 bits per heavy atom. The van der Waals surface area contributed by atoms with Gasteiger partial charge >= 0.3 is 0 Å². The minimum atomic E-state index is -0.180. The molecule has 1 aromatic rings. The number of phenolic OH excluding ortho intramolecular Hbond substituents is 1. The first-order valence-electron chi connectivity index (χ1n) is 10.7. The number of methoxy groups -OCH3 is 2. The third-order valence-corrected chi connectivity index (χ3v) is 8.28. The van der Waals surface area contributed by atoms with Gasteiger partial charge in [-0.3, -0.25) is 4.79 Å². The molecular formula is C23H32ClNO5. The fourth-order valence-corrected chi connectivity index (χ4v) is 6.73. The number of nitrogens with one attached hydrogen (secondary N) is 1. The molecule has 5 atom stereocenters. The van der Waals surface area contributed by atoms with Gasteiger partial charge in [0.1, 0.15) is 0 Å². The standard InChI is InChI=1S/C23H32ClNO5/c1-22(2)13-9-15-20(14-10-18(29-4)17(26)11-16(14)24)30-8-6-23(15,12-13)21(22)25-19(27)5-7-28-3/h10-11,13,15,20-21,26H,5-9,12H2,1-4H3,(H,25,27)/t13-,15-,20-,21+,23-/m1/s1. The second-order valence-corrected chi connectivity index (χ2v) is 10.0. The van der Waals surface area contributed by atoms with E-state index < -0.39 is 0 Å². The van der Waals surface area contributed by atoms with E-state index in [1.165, 1.54) is 13.2 Å². The van der Waals surface area contributed by atoms with Crippen molar-refractivity contribution in [2.75, 3.05) is 27.4 Å². The van der Waals surface area contributed by atoms with E-state index in [9.17, 15) is 9.90 Å². The minimum Gasteiger partial charge on any atom is -0.504 e. The zero-order valence-corrected chi connectivity index (χ0v) is 18.9. The van der Waals surface area contributed by atoms with Gasteiger partial charge in [-0.1, -0.05) is 25.4 Å². The van der Waals surface area contributed by atoms with Crippen LogP contribution in [-0.2, 0) is 14.3 Å². The Morgan fingerprint density at radius 1 is 1.37 bits per heavy atom. The van der Waals surface area contributed by atoms with E-state index in [4.69, 9.17) is 25.8 Å². The molecule has 4 rings (SSSR count). The quantitative estimate of drug-likeness (QED) is 0.700.